The smallest absolute Gasteiger partial charge is 0.484 e. The number of hydrogen-bond acceptors (Lipinski definition) is 5. The number of alkyl halides is 3. The van der Waals surface area contributed by atoms with E-state index < -0.39 is 18.4 Å². The molecule has 33 heavy (non-hydrogen) atoms. The van der Waals surface area contributed by atoms with E-state index in [2.05, 4.69) is 4.74 Å². The van der Waals surface area contributed by atoms with Crippen molar-refractivity contribution in [1.82, 2.24) is 4.90 Å². The summed E-state index contributed by atoms with van der Waals surface area (Å²) in [5, 5.41) is 9.16. The average Bonchev–Trinajstić information content (AvgIpc) is 2.76. The molecule has 0 aliphatic rings. The van der Waals surface area contributed by atoms with E-state index in [-0.39, 0.29) is 31.2 Å². The molecule has 0 saturated carbocycles. The van der Waals surface area contributed by atoms with Crippen LogP contribution in [0.3, 0.4) is 0 Å². The van der Waals surface area contributed by atoms with E-state index in [1.54, 1.807) is 38.1 Å². The number of aliphatic carboxylic acids is 1. The lowest BCUT2D eigenvalue weighted by Crippen LogP contribution is -2.34. The van der Waals surface area contributed by atoms with Gasteiger partial charge >= 0.3 is 12.3 Å². The Morgan fingerprint density at radius 1 is 0.970 bits per heavy atom. The van der Waals surface area contributed by atoms with Gasteiger partial charge in [0.15, 0.2) is 12.7 Å². The molecule has 10 heteroatoms. The minimum Gasteiger partial charge on any atom is -0.484 e. The van der Waals surface area contributed by atoms with Crippen molar-refractivity contribution in [3.8, 4) is 11.5 Å². The van der Waals surface area contributed by atoms with Crippen LogP contribution in [-0.2, 0) is 27.3 Å². The number of rotatable bonds is 12. The summed E-state index contributed by atoms with van der Waals surface area (Å²) >= 11 is 0. The molecule has 7 nitrogen and oxygen atoms in total. The maximum absolute atomic E-state index is 12.5. The molecular weight excluding hydrogens is 443 g/mol. The Morgan fingerprint density at radius 3 is 2.06 bits per heavy atom. The molecule has 0 heterocycles. The number of benzene rings is 2. The predicted molar refractivity (Wildman–Crippen MR) is 113 cm³/mol. The third-order valence-electron chi connectivity index (χ3n) is 4.61. The van der Waals surface area contributed by atoms with Crippen LogP contribution < -0.4 is 9.47 Å². The SMILES string of the molecule is CCO[C@@H](Cc1ccc(OCC(=O)N(CC)Cc2ccc(OC(F)(F)F)cc2)cc1)C(=O)O. The van der Waals surface area contributed by atoms with Crippen molar-refractivity contribution < 1.29 is 42.1 Å². The fourth-order valence-corrected chi connectivity index (χ4v) is 2.98. The van der Waals surface area contributed by atoms with E-state index in [1.807, 2.05) is 0 Å². The van der Waals surface area contributed by atoms with Crippen LogP contribution in [0.15, 0.2) is 48.5 Å². The molecule has 2 aromatic carbocycles. The molecule has 0 spiro atoms. The highest BCUT2D eigenvalue weighted by Crippen LogP contribution is 2.23. The molecule has 0 fully saturated rings. The Hall–Kier alpha value is -3.27. The van der Waals surface area contributed by atoms with Crippen molar-refractivity contribution in [1.29, 1.82) is 0 Å². The van der Waals surface area contributed by atoms with E-state index in [1.165, 1.54) is 29.2 Å². The van der Waals surface area contributed by atoms with Gasteiger partial charge in [0, 0.05) is 26.1 Å². The minimum absolute atomic E-state index is 0.206. The van der Waals surface area contributed by atoms with Crippen molar-refractivity contribution in [2.75, 3.05) is 19.8 Å². The summed E-state index contributed by atoms with van der Waals surface area (Å²) in [6.45, 7) is 4.17. The first-order valence-electron chi connectivity index (χ1n) is 10.3. The molecule has 1 atom stereocenters. The third-order valence-corrected chi connectivity index (χ3v) is 4.61. The van der Waals surface area contributed by atoms with E-state index in [0.29, 0.717) is 24.5 Å². The highest BCUT2D eigenvalue weighted by Gasteiger charge is 2.31. The van der Waals surface area contributed by atoms with Crippen LogP contribution in [0.5, 0.6) is 11.5 Å². The normalized spacial score (nSPS) is 12.2. The second-order valence-corrected chi connectivity index (χ2v) is 7.02. The van der Waals surface area contributed by atoms with E-state index in [4.69, 9.17) is 14.6 Å². The molecule has 1 amide bonds. The van der Waals surface area contributed by atoms with Gasteiger partial charge in [0.1, 0.15) is 11.5 Å². The molecule has 0 radical (unpaired) electrons. The van der Waals surface area contributed by atoms with E-state index in [9.17, 15) is 22.8 Å². The van der Waals surface area contributed by atoms with Gasteiger partial charge in [-0.05, 0) is 49.2 Å². The number of carbonyl (C=O) groups is 2. The van der Waals surface area contributed by atoms with Crippen LogP contribution in [0.25, 0.3) is 0 Å². The molecule has 0 saturated heterocycles. The van der Waals surface area contributed by atoms with Gasteiger partial charge in [0.25, 0.3) is 5.91 Å². The van der Waals surface area contributed by atoms with Gasteiger partial charge in [0.05, 0.1) is 0 Å². The summed E-state index contributed by atoms with van der Waals surface area (Å²) in [5.74, 6) is -1.21. The molecule has 0 bridgehead atoms. The van der Waals surface area contributed by atoms with Gasteiger partial charge in [-0.15, -0.1) is 13.2 Å². The van der Waals surface area contributed by atoms with Crippen molar-refractivity contribution in [2.45, 2.75) is 39.3 Å². The molecule has 0 aromatic heterocycles. The summed E-state index contributed by atoms with van der Waals surface area (Å²) in [4.78, 5) is 25.2. The zero-order valence-corrected chi connectivity index (χ0v) is 18.3. The maximum atomic E-state index is 12.5. The molecule has 0 unspecified atom stereocenters. The number of halogens is 3. The standard InChI is InChI=1S/C23H26F3NO6/c1-3-27(14-17-7-11-19(12-8-17)33-23(24,25)26)21(28)15-32-18-9-5-16(6-10-18)13-20(22(29)30)31-4-2/h5-12,20H,3-4,13-15H2,1-2H3,(H,29,30)/t20-/m0/s1. The van der Waals surface area contributed by atoms with Crippen molar-refractivity contribution >= 4 is 11.9 Å². The number of likely N-dealkylation sites (N-methyl/N-ethyl adjacent to an activating group) is 1. The van der Waals surface area contributed by atoms with Crippen LogP contribution in [0.2, 0.25) is 0 Å². The average molecular weight is 469 g/mol. The Labute approximate surface area is 189 Å². The zero-order chi connectivity index (χ0) is 24.4. The molecule has 180 valence electrons. The van der Waals surface area contributed by atoms with Crippen molar-refractivity contribution in [3.63, 3.8) is 0 Å². The number of amides is 1. The van der Waals surface area contributed by atoms with Gasteiger partial charge in [-0.25, -0.2) is 4.79 Å². The number of hydrogen-bond donors (Lipinski definition) is 1. The monoisotopic (exact) mass is 469 g/mol. The molecule has 2 rings (SSSR count). The van der Waals surface area contributed by atoms with Crippen LogP contribution in [0, 0.1) is 0 Å². The molecule has 2 aromatic rings. The fraction of sp³-hybridized carbons (Fsp3) is 0.391. The highest BCUT2D eigenvalue weighted by molar-refractivity contribution is 5.77. The Bertz CT molecular complexity index is 900. The summed E-state index contributed by atoms with van der Waals surface area (Å²) in [6.07, 6.45) is -5.49. The Balaban J connectivity index is 1.88. The second-order valence-electron chi connectivity index (χ2n) is 7.02. The van der Waals surface area contributed by atoms with Crippen molar-refractivity contribution in [2.24, 2.45) is 0 Å². The van der Waals surface area contributed by atoms with Crippen LogP contribution >= 0.6 is 0 Å². The lowest BCUT2D eigenvalue weighted by molar-refractivity contribution is -0.274. The fourth-order valence-electron chi connectivity index (χ4n) is 2.98. The predicted octanol–water partition coefficient (Wildman–Crippen LogP) is 4.04. The number of carboxylic acid groups (broad SMARTS) is 1. The van der Waals surface area contributed by atoms with Crippen LogP contribution in [-0.4, -0.2) is 54.1 Å². The summed E-state index contributed by atoms with van der Waals surface area (Å²) in [5.41, 5.74) is 1.40. The lowest BCUT2D eigenvalue weighted by Gasteiger charge is -2.21. The second kappa shape index (κ2) is 12.1. The Kier molecular flexibility index (Phi) is 9.53. The first-order chi connectivity index (χ1) is 15.6. The van der Waals surface area contributed by atoms with Crippen LogP contribution in [0.4, 0.5) is 13.2 Å². The summed E-state index contributed by atoms with van der Waals surface area (Å²) in [6, 6.07) is 12.0. The van der Waals surface area contributed by atoms with E-state index >= 15 is 0 Å². The molecule has 0 aliphatic carbocycles. The highest BCUT2D eigenvalue weighted by atomic mass is 19.4. The van der Waals surface area contributed by atoms with Gasteiger partial charge in [-0.2, -0.15) is 0 Å². The van der Waals surface area contributed by atoms with Gasteiger partial charge in [-0.3, -0.25) is 4.79 Å². The number of carbonyl (C=O) groups excluding carboxylic acids is 1. The lowest BCUT2D eigenvalue weighted by atomic mass is 10.1. The summed E-state index contributed by atoms with van der Waals surface area (Å²) in [7, 11) is 0. The molecular formula is C23H26F3NO6. The largest absolute Gasteiger partial charge is 0.573 e. The first-order valence-corrected chi connectivity index (χ1v) is 10.3. The number of nitrogens with zero attached hydrogens (tertiary/aromatic N) is 1. The Morgan fingerprint density at radius 2 is 1.55 bits per heavy atom. The summed E-state index contributed by atoms with van der Waals surface area (Å²) < 4.78 is 51.3. The maximum Gasteiger partial charge on any atom is 0.573 e. The van der Waals surface area contributed by atoms with Gasteiger partial charge < -0.3 is 24.2 Å². The van der Waals surface area contributed by atoms with Crippen molar-refractivity contribution in [3.05, 3.63) is 59.7 Å². The molecule has 0 aliphatic heterocycles. The van der Waals surface area contributed by atoms with Crippen LogP contribution in [0.1, 0.15) is 25.0 Å². The first kappa shape index (κ1) is 26.0. The number of carboxylic acids is 1. The van der Waals surface area contributed by atoms with Gasteiger partial charge in [-0.1, -0.05) is 24.3 Å². The van der Waals surface area contributed by atoms with Gasteiger partial charge in [0.2, 0.25) is 0 Å². The quantitative estimate of drug-likeness (QED) is 0.505. The number of ether oxygens (including phenoxy) is 3. The minimum atomic E-state index is -4.76. The topological polar surface area (TPSA) is 85.3 Å². The third kappa shape index (κ3) is 9.01. The van der Waals surface area contributed by atoms with E-state index in [0.717, 1.165) is 5.56 Å². The molecule has 1 N–H and O–H groups in total. The zero-order valence-electron chi connectivity index (χ0n) is 18.3.